The van der Waals surface area contributed by atoms with Crippen LogP contribution in [0.15, 0.2) is 34.1 Å². The van der Waals surface area contributed by atoms with Gasteiger partial charge in [0.25, 0.3) is 0 Å². The molecule has 0 unspecified atom stereocenters. The molecule has 0 saturated carbocycles. The molecule has 112 valence electrons. The number of hydrogen-bond donors (Lipinski definition) is 1. The molecule has 2 aromatic rings. The molecule has 0 fully saturated rings. The Labute approximate surface area is 146 Å². The van der Waals surface area contributed by atoms with E-state index in [0.29, 0.717) is 22.3 Å². The molecule has 0 bridgehead atoms. The Morgan fingerprint density at radius 1 is 1.43 bits per heavy atom. The second-order valence-electron chi connectivity index (χ2n) is 4.55. The first kappa shape index (κ1) is 16.8. The van der Waals surface area contributed by atoms with E-state index in [-0.39, 0.29) is 12.5 Å². The zero-order valence-electron chi connectivity index (χ0n) is 11.2. The van der Waals surface area contributed by atoms with Gasteiger partial charge in [-0.15, -0.1) is 11.3 Å². The first-order valence-electron chi connectivity index (χ1n) is 6.11. The van der Waals surface area contributed by atoms with Crippen LogP contribution in [0.25, 0.3) is 0 Å². The standard InChI is InChI=1S/C14H13BrCl2N2OS/c1-19(6-10-5-9(15)8-21-10)7-13(20)18-12-4-2-3-11(16)14(12)17/h2-5,8H,6-7H2,1H3,(H,18,20). The Kier molecular flexibility index (Phi) is 6.08. The number of likely N-dealkylation sites (N-methyl/N-ethyl adjacent to an activating group) is 1. The Hall–Kier alpha value is -0.590. The van der Waals surface area contributed by atoms with E-state index in [1.165, 1.54) is 4.88 Å². The van der Waals surface area contributed by atoms with E-state index >= 15 is 0 Å². The molecule has 1 N–H and O–H groups in total. The normalized spacial score (nSPS) is 10.9. The summed E-state index contributed by atoms with van der Waals surface area (Å²) in [5.74, 6) is -0.128. The third-order valence-corrected chi connectivity index (χ3v) is 5.19. The van der Waals surface area contributed by atoms with Crippen LogP contribution in [0, 0.1) is 0 Å². The van der Waals surface area contributed by atoms with Crippen molar-refractivity contribution >= 4 is 62.1 Å². The Morgan fingerprint density at radius 3 is 2.86 bits per heavy atom. The number of hydrogen-bond acceptors (Lipinski definition) is 3. The fourth-order valence-electron chi connectivity index (χ4n) is 1.79. The number of carbonyl (C=O) groups excluding carboxylic acids is 1. The summed E-state index contributed by atoms with van der Waals surface area (Å²) in [5, 5.41) is 5.57. The molecule has 0 saturated heterocycles. The molecule has 3 nitrogen and oxygen atoms in total. The summed E-state index contributed by atoms with van der Waals surface area (Å²) in [7, 11) is 1.90. The minimum absolute atomic E-state index is 0.128. The predicted molar refractivity (Wildman–Crippen MR) is 93.4 cm³/mol. The molecule has 1 aromatic heterocycles. The highest BCUT2D eigenvalue weighted by molar-refractivity contribution is 9.10. The summed E-state index contributed by atoms with van der Waals surface area (Å²) in [4.78, 5) is 15.2. The summed E-state index contributed by atoms with van der Waals surface area (Å²) in [6, 6.07) is 7.20. The highest BCUT2D eigenvalue weighted by Gasteiger charge is 2.11. The summed E-state index contributed by atoms with van der Waals surface area (Å²) < 4.78 is 1.06. The van der Waals surface area contributed by atoms with Gasteiger partial charge < -0.3 is 5.32 Å². The van der Waals surface area contributed by atoms with E-state index in [9.17, 15) is 4.79 Å². The summed E-state index contributed by atoms with van der Waals surface area (Å²) in [6.45, 7) is 0.991. The Bertz CT molecular complexity index is 648. The SMILES string of the molecule is CN(CC(=O)Nc1cccc(Cl)c1Cl)Cc1cc(Br)cs1. The molecule has 0 aliphatic heterocycles. The third-order valence-electron chi connectivity index (χ3n) is 2.69. The summed E-state index contributed by atoms with van der Waals surface area (Å²) >= 11 is 17.0. The van der Waals surface area contributed by atoms with Crippen molar-refractivity contribution in [1.29, 1.82) is 0 Å². The summed E-state index contributed by atoms with van der Waals surface area (Å²) in [6.07, 6.45) is 0. The van der Waals surface area contributed by atoms with Gasteiger partial charge in [0.05, 0.1) is 22.3 Å². The smallest absolute Gasteiger partial charge is 0.238 e. The van der Waals surface area contributed by atoms with Crippen molar-refractivity contribution in [2.75, 3.05) is 18.9 Å². The van der Waals surface area contributed by atoms with Gasteiger partial charge in [0.2, 0.25) is 5.91 Å². The number of nitrogens with one attached hydrogen (secondary N) is 1. The Balaban J connectivity index is 1.90. The van der Waals surface area contributed by atoms with E-state index in [1.807, 2.05) is 23.4 Å². The molecule has 1 heterocycles. The number of thiophene rings is 1. The van der Waals surface area contributed by atoms with Gasteiger partial charge in [-0.25, -0.2) is 0 Å². The fourth-order valence-corrected chi connectivity index (χ4v) is 3.67. The molecule has 0 spiro atoms. The quantitative estimate of drug-likeness (QED) is 0.765. The van der Waals surface area contributed by atoms with E-state index in [2.05, 4.69) is 21.2 Å². The number of anilines is 1. The molecule has 1 amide bonds. The Morgan fingerprint density at radius 2 is 2.19 bits per heavy atom. The molecule has 0 radical (unpaired) electrons. The van der Waals surface area contributed by atoms with Gasteiger partial charge >= 0.3 is 0 Å². The van der Waals surface area contributed by atoms with Crippen molar-refractivity contribution in [3.8, 4) is 0 Å². The highest BCUT2D eigenvalue weighted by Crippen LogP contribution is 2.29. The van der Waals surface area contributed by atoms with Crippen molar-refractivity contribution in [3.05, 3.63) is 49.0 Å². The molecule has 2 rings (SSSR count). The topological polar surface area (TPSA) is 32.3 Å². The lowest BCUT2D eigenvalue weighted by molar-refractivity contribution is -0.117. The van der Waals surface area contributed by atoms with Crippen molar-refractivity contribution in [1.82, 2.24) is 4.90 Å². The third kappa shape index (κ3) is 4.97. The second-order valence-corrected chi connectivity index (χ2v) is 7.25. The van der Waals surface area contributed by atoms with E-state index in [1.54, 1.807) is 29.5 Å². The van der Waals surface area contributed by atoms with Gasteiger partial charge in [-0.1, -0.05) is 29.3 Å². The van der Waals surface area contributed by atoms with Crippen molar-refractivity contribution in [2.45, 2.75) is 6.54 Å². The van der Waals surface area contributed by atoms with E-state index < -0.39 is 0 Å². The van der Waals surface area contributed by atoms with Gasteiger partial charge in [-0.2, -0.15) is 0 Å². The van der Waals surface area contributed by atoms with Crippen LogP contribution in [0.1, 0.15) is 4.88 Å². The maximum Gasteiger partial charge on any atom is 0.238 e. The lowest BCUT2D eigenvalue weighted by Gasteiger charge is -2.15. The molecule has 21 heavy (non-hydrogen) atoms. The van der Waals surface area contributed by atoms with Gasteiger partial charge in [0, 0.05) is 21.3 Å². The predicted octanol–water partition coefficient (Wildman–Crippen LogP) is 4.89. The zero-order chi connectivity index (χ0) is 15.4. The lowest BCUT2D eigenvalue weighted by atomic mass is 10.3. The summed E-state index contributed by atoms with van der Waals surface area (Å²) in [5.41, 5.74) is 0.529. The molecular formula is C14H13BrCl2N2OS. The van der Waals surface area contributed by atoms with Crippen LogP contribution in [0.3, 0.4) is 0 Å². The number of rotatable bonds is 5. The van der Waals surface area contributed by atoms with Gasteiger partial charge in [-0.05, 0) is 41.2 Å². The number of nitrogens with zero attached hydrogens (tertiary/aromatic N) is 1. The molecular weight excluding hydrogens is 395 g/mol. The van der Waals surface area contributed by atoms with Crippen LogP contribution >= 0.6 is 50.5 Å². The number of amides is 1. The average Bonchev–Trinajstić information content (AvgIpc) is 2.80. The van der Waals surface area contributed by atoms with Crippen LogP contribution in [-0.4, -0.2) is 24.4 Å². The average molecular weight is 408 g/mol. The maximum absolute atomic E-state index is 12.0. The van der Waals surface area contributed by atoms with Crippen LogP contribution < -0.4 is 5.32 Å². The van der Waals surface area contributed by atoms with Crippen LogP contribution in [0.5, 0.6) is 0 Å². The van der Waals surface area contributed by atoms with Crippen molar-refractivity contribution in [3.63, 3.8) is 0 Å². The highest BCUT2D eigenvalue weighted by atomic mass is 79.9. The molecule has 1 aromatic carbocycles. The first-order valence-corrected chi connectivity index (χ1v) is 8.54. The molecule has 0 aliphatic rings. The lowest BCUT2D eigenvalue weighted by Crippen LogP contribution is -2.29. The number of benzene rings is 1. The minimum atomic E-state index is -0.128. The molecule has 7 heteroatoms. The number of carbonyl (C=O) groups is 1. The van der Waals surface area contributed by atoms with Gasteiger partial charge in [0.15, 0.2) is 0 Å². The van der Waals surface area contributed by atoms with Crippen LogP contribution in [-0.2, 0) is 11.3 Å². The largest absolute Gasteiger partial charge is 0.324 e. The monoisotopic (exact) mass is 406 g/mol. The van der Waals surface area contributed by atoms with Crippen molar-refractivity contribution in [2.24, 2.45) is 0 Å². The van der Waals surface area contributed by atoms with Gasteiger partial charge in [-0.3, -0.25) is 9.69 Å². The second kappa shape index (κ2) is 7.61. The minimum Gasteiger partial charge on any atom is -0.324 e. The molecule has 0 aliphatic carbocycles. The first-order chi connectivity index (χ1) is 9.95. The fraction of sp³-hybridized carbons (Fsp3) is 0.214. The van der Waals surface area contributed by atoms with E-state index in [4.69, 9.17) is 23.2 Å². The zero-order valence-corrected chi connectivity index (χ0v) is 15.1. The van der Waals surface area contributed by atoms with Gasteiger partial charge in [0.1, 0.15) is 0 Å². The van der Waals surface area contributed by atoms with Crippen molar-refractivity contribution < 1.29 is 4.79 Å². The van der Waals surface area contributed by atoms with E-state index in [0.717, 1.165) is 4.47 Å². The maximum atomic E-state index is 12.0. The van der Waals surface area contributed by atoms with Crippen LogP contribution in [0.4, 0.5) is 5.69 Å². The number of halogens is 3. The van der Waals surface area contributed by atoms with Crippen LogP contribution in [0.2, 0.25) is 10.0 Å². The molecule has 0 atom stereocenters.